The van der Waals surface area contributed by atoms with Crippen molar-refractivity contribution in [3.05, 3.63) is 34.4 Å². The minimum absolute atomic E-state index is 0.0573. The zero-order valence-electron chi connectivity index (χ0n) is 12.3. The van der Waals surface area contributed by atoms with Crippen molar-refractivity contribution in [1.82, 2.24) is 5.32 Å². The third kappa shape index (κ3) is 2.98. The lowest BCUT2D eigenvalue weighted by molar-refractivity contribution is 0.208. The summed E-state index contributed by atoms with van der Waals surface area (Å²) in [6.07, 6.45) is 4.40. The molecule has 0 aliphatic heterocycles. The number of benzene rings is 1. The van der Waals surface area contributed by atoms with Crippen molar-refractivity contribution in [3.8, 4) is 6.07 Å². The van der Waals surface area contributed by atoms with Crippen LogP contribution in [0.4, 0.5) is 0 Å². The molecular formula is C17H24N2. The first-order valence-corrected chi connectivity index (χ1v) is 7.26. The Balaban J connectivity index is 1.83. The molecule has 1 fully saturated rings. The number of aryl methyl sites for hydroxylation is 1. The first-order chi connectivity index (χ1) is 9.08. The van der Waals surface area contributed by atoms with Gasteiger partial charge in [0.25, 0.3) is 0 Å². The fraction of sp³-hybridized carbons (Fsp3) is 0.588. The first kappa shape index (κ1) is 14.1. The van der Waals surface area contributed by atoms with Crippen LogP contribution in [0.15, 0.2) is 12.1 Å². The van der Waals surface area contributed by atoms with Gasteiger partial charge in [0.15, 0.2) is 0 Å². The van der Waals surface area contributed by atoms with Crippen molar-refractivity contribution < 1.29 is 0 Å². The molecule has 0 saturated heterocycles. The lowest BCUT2D eigenvalue weighted by Gasteiger charge is -2.35. The molecule has 0 unspecified atom stereocenters. The SMILES string of the molecule is Cc1ccc(CCNCC2(C#N)CCC2)c(C)c1C. The summed E-state index contributed by atoms with van der Waals surface area (Å²) in [5.74, 6) is 0. The van der Waals surface area contributed by atoms with E-state index in [1.54, 1.807) is 0 Å². The zero-order chi connectivity index (χ0) is 13.9. The van der Waals surface area contributed by atoms with Crippen molar-refractivity contribution in [2.75, 3.05) is 13.1 Å². The van der Waals surface area contributed by atoms with Gasteiger partial charge in [-0.05, 0) is 68.8 Å². The maximum absolute atomic E-state index is 9.17. The Morgan fingerprint density at radius 1 is 1.21 bits per heavy atom. The highest BCUT2D eigenvalue weighted by Gasteiger charge is 2.36. The number of nitriles is 1. The number of hydrogen-bond acceptors (Lipinski definition) is 2. The highest BCUT2D eigenvalue weighted by Crippen LogP contribution is 2.39. The van der Waals surface area contributed by atoms with Crippen LogP contribution < -0.4 is 5.32 Å². The second-order valence-electron chi connectivity index (χ2n) is 5.96. The van der Waals surface area contributed by atoms with Gasteiger partial charge in [-0.1, -0.05) is 18.6 Å². The van der Waals surface area contributed by atoms with E-state index in [1.165, 1.54) is 28.7 Å². The molecule has 1 saturated carbocycles. The fourth-order valence-electron chi connectivity index (χ4n) is 2.77. The number of nitrogens with zero attached hydrogens (tertiary/aromatic N) is 1. The summed E-state index contributed by atoms with van der Waals surface area (Å²) in [4.78, 5) is 0. The molecule has 0 heterocycles. The molecule has 0 atom stereocenters. The van der Waals surface area contributed by atoms with Crippen molar-refractivity contribution in [1.29, 1.82) is 5.26 Å². The highest BCUT2D eigenvalue weighted by atomic mass is 14.9. The Bertz CT molecular complexity index is 493. The predicted octanol–water partition coefficient (Wildman–Crippen LogP) is 3.44. The quantitative estimate of drug-likeness (QED) is 0.819. The fourth-order valence-corrected chi connectivity index (χ4v) is 2.77. The monoisotopic (exact) mass is 256 g/mol. The second-order valence-corrected chi connectivity index (χ2v) is 5.96. The van der Waals surface area contributed by atoms with Gasteiger partial charge in [-0.3, -0.25) is 0 Å². The molecule has 1 aromatic rings. The van der Waals surface area contributed by atoms with Crippen LogP contribution in [0.25, 0.3) is 0 Å². The summed E-state index contributed by atoms with van der Waals surface area (Å²) in [6.45, 7) is 8.39. The van der Waals surface area contributed by atoms with Gasteiger partial charge in [0.2, 0.25) is 0 Å². The molecule has 0 radical (unpaired) electrons. The normalized spacial score (nSPS) is 16.7. The molecule has 1 aromatic carbocycles. The molecule has 19 heavy (non-hydrogen) atoms. The van der Waals surface area contributed by atoms with E-state index in [4.69, 9.17) is 0 Å². The van der Waals surface area contributed by atoms with E-state index in [2.05, 4.69) is 44.3 Å². The van der Waals surface area contributed by atoms with Gasteiger partial charge in [-0.2, -0.15) is 5.26 Å². The molecule has 2 rings (SSSR count). The maximum atomic E-state index is 9.17. The molecule has 0 bridgehead atoms. The smallest absolute Gasteiger partial charge is 0.0703 e. The molecular weight excluding hydrogens is 232 g/mol. The first-order valence-electron chi connectivity index (χ1n) is 7.26. The number of rotatable bonds is 5. The van der Waals surface area contributed by atoms with Crippen LogP contribution in [0, 0.1) is 37.5 Å². The van der Waals surface area contributed by atoms with E-state index in [9.17, 15) is 5.26 Å². The van der Waals surface area contributed by atoms with Gasteiger partial charge in [0, 0.05) is 6.54 Å². The Morgan fingerprint density at radius 3 is 2.53 bits per heavy atom. The minimum atomic E-state index is -0.0573. The average molecular weight is 256 g/mol. The largest absolute Gasteiger partial charge is 0.315 e. The van der Waals surface area contributed by atoms with Crippen molar-refractivity contribution in [3.63, 3.8) is 0 Å². The van der Waals surface area contributed by atoms with Gasteiger partial charge < -0.3 is 5.32 Å². The van der Waals surface area contributed by atoms with Crippen molar-refractivity contribution in [2.45, 2.75) is 46.5 Å². The van der Waals surface area contributed by atoms with Crippen molar-refractivity contribution in [2.24, 2.45) is 5.41 Å². The van der Waals surface area contributed by atoms with E-state index in [0.717, 1.165) is 32.4 Å². The topological polar surface area (TPSA) is 35.8 Å². The van der Waals surface area contributed by atoms with Gasteiger partial charge >= 0.3 is 0 Å². The Kier molecular flexibility index (Phi) is 4.27. The van der Waals surface area contributed by atoms with E-state index >= 15 is 0 Å². The summed E-state index contributed by atoms with van der Waals surface area (Å²) >= 11 is 0. The van der Waals surface area contributed by atoms with E-state index in [1.807, 2.05) is 0 Å². The third-order valence-corrected chi connectivity index (χ3v) is 4.75. The highest BCUT2D eigenvalue weighted by molar-refractivity contribution is 5.38. The molecule has 2 heteroatoms. The minimum Gasteiger partial charge on any atom is -0.315 e. The second kappa shape index (κ2) is 5.75. The molecule has 0 spiro atoms. The van der Waals surface area contributed by atoms with E-state index in [-0.39, 0.29) is 5.41 Å². The molecule has 2 nitrogen and oxygen atoms in total. The molecule has 1 aliphatic carbocycles. The van der Waals surface area contributed by atoms with E-state index < -0.39 is 0 Å². The Labute approximate surface area is 116 Å². The van der Waals surface area contributed by atoms with Crippen LogP contribution in [-0.2, 0) is 6.42 Å². The summed E-state index contributed by atoms with van der Waals surface area (Å²) in [7, 11) is 0. The van der Waals surface area contributed by atoms with Crippen molar-refractivity contribution >= 4 is 0 Å². The van der Waals surface area contributed by atoms with Gasteiger partial charge in [-0.15, -0.1) is 0 Å². The summed E-state index contributed by atoms with van der Waals surface area (Å²) in [5.41, 5.74) is 5.56. The summed E-state index contributed by atoms with van der Waals surface area (Å²) in [5, 5.41) is 12.6. The van der Waals surface area contributed by atoms with Crippen LogP contribution in [0.2, 0.25) is 0 Å². The van der Waals surface area contributed by atoms with Crippen LogP contribution >= 0.6 is 0 Å². The Hall–Kier alpha value is -1.33. The molecule has 0 aromatic heterocycles. The molecule has 102 valence electrons. The molecule has 0 amide bonds. The standard InChI is InChI=1S/C17H24N2/c1-13-5-6-16(15(3)14(13)2)7-10-19-12-17(11-18)8-4-9-17/h5-6,19H,4,7-10,12H2,1-3H3. The number of hydrogen-bond donors (Lipinski definition) is 1. The maximum Gasteiger partial charge on any atom is 0.0703 e. The summed E-state index contributed by atoms with van der Waals surface area (Å²) in [6, 6.07) is 6.93. The van der Waals surface area contributed by atoms with Gasteiger partial charge in [-0.25, -0.2) is 0 Å². The van der Waals surface area contributed by atoms with Gasteiger partial charge in [0.05, 0.1) is 11.5 Å². The van der Waals surface area contributed by atoms with E-state index in [0.29, 0.717) is 0 Å². The van der Waals surface area contributed by atoms with Crippen LogP contribution in [-0.4, -0.2) is 13.1 Å². The zero-order valence-corrected chi connectivity index (χ0v) is 12.3. The lowest BCUT2D eigenvalue weighted by Crippen LogP contribution is -2.39. The third-order valence-electron chi connectivity index (χ3n) is 4.75. The number of nitrogens with one attached hydrogen (secondary N) is 1. The summed E-state index contributed by atoms with van der Waals surface area (Å²) < 4.78 is 0. The van der Waals surface area contributed by atoms with Crippen LogP contribution in [0.3, 0.4) is 0 Å². The Morgan fingerprint density at radius 2 is 1.95 bits per heavy atom. The average Bonchev–Trinajstić information content (AvgIpc) is 2.37. The molecule has 1 aliphatic rings. The van der Waals surface area contributed by atoms with Gasteiger partial charge in [0.1, 0.15) is 0 Å². The lowest BCUT2D eigenvalue weighted by atomic mass is 9.70. The predicted molar refractivity (Wildman–Crippen MR) is 79.1 cm³/mol. The molecule has 1 N–H and O–H groups in total. The van der Waals surface area contributed by atoms with Crippen LogP contribution in [0.5, 0.6) is 0 Å². The van der Waals surface area contributed by atoms with Crippen LogP contribution in [0.1, 0.15) is 41.5 Å².